The molecular formula is C25H32N4O2S2. The van der Waals surface area contributed by atoms with E-state index in [0.29, 0.717) is 0 Å². The van der Waals surface area contributed by atoms with Crippen LogP contribution in [-0.2, 0) is 24.1 Å². The molecule has 3 aromatic rings. The predicted octanol–water partition coefficient (Wildman–Crippen LogP) is 5.52. The maximum absolute atomic E-state index is 11.4. The number of hydrogen-bond acceptors (Lipinski definition) is 7. The molecule has 2 heterocycles. The van der Waals surface area contributed by atoms with Gasteiger partial charge in [0.05, 0.1) is 5.69 Å². The van der Waals surface area contributed by atoms with Gasteiger partial charge in [0.15, 0.2) is 4.34 Å². The maximum Gasteiger partial charge on any atom is 0.319 e. The number of thiazole rings is 1. The van der Waals surface area contributed by atoms with Crippen molar-refractivity contribution in [2.24, 2.45) is 0 Å². The summed E-state index contributed by atoms with van der Waals surface area (Å²) in [6.07, 6.45) is 8.73. The number of aromatic nitrogens is 3. The summed E-state index contributed by atoms with van der Waals surface area (Å²) in [6.45, 7) is 7.16. The van der Waals surface area contributed by atoms with Crippen molar-refractivity contribution in [3.8, 4) is 0 Å². The van der Waals surface area contributed by atoms with Crippen LogP contribution in [0.25, 0.3) is 0 Å². The fraction of sp³-hybridized carbons (Fsp3) is 0.440. The first-order valence-corrected chi connectivity index (χ1v) is 13.0. The Labute approximate surface area is 204 Å². The maximum atomic E-state index is 11.4. The van der Waals surface area contributed by atoms with E-state index in [1.54, 1.807) is 13.8 Å². The second-order valence-electron chi connectivity index (χ2n) is 8.45. The van der Waals surface area contributed by atoms with Crippen molar-refractivity contribution in [2.45, 2.75) is 62.0 Å². The Morgan fingerprint density at radius 3 is 2.45 bits per heavy atom. The summed E-state index contributed by atoms with van der Waals surface area (Å²) in [6, 6.07) is 10.6. The topological polar surface area (TPSA) is 79.2 Å². The lowest BCUT2D eigenvalue weighted by molar-refractivity contribution is -0.138. The minimum absolute atomic E-state index is 0.753. The minimum Gasteiger partial charge on any atom is -0.480 e. The summed E-state index contributed by atoms with van der Waals surface area (Å²) in [5.41, 5.74) is 3.47. The normalized spacial score (nSPS) is 11.5. The molecule has 6 nitrogen and oxygen atoms in total. The Bertz CT molecular complexity index is 1010. The van der Waals surface area contributed by atoms with Gasteiger partial charge in [-0.2, -0.15) is 0 Å². The average Bonchev–Trinajstić information content (AvgIpc) is 3.25. The minimum atomic E-state index is -0.894. The molecule has 8 heteroatoms. The van der Waals surface area contributed by atoms with Crippen molar-refractivity contribution in [2.75, 3.05) is 18.0 Å². The number of aliphatic carboxylic acids is 1. The molecular weight excluding hydrogens is 452 g/mol. The standard InChI is InChI=1S/C25H32N4O2S2/c1-4-19-16-26-23(27-17-19)29(14-9-8-12-20-10-6-5-7-11-20)15-13-21-18-32-24(28-21)33-25(2,3)22(30)31/h5-7,10-11,16-18H,4,8-9,12-15H2,1-3H3,(H,30,31). The number of rotatable bonds is 13. The molecule has 33 heavy (non-hydrogen) atoms. The van der Waals surface area contributed by atoms with Gasteiger partial charge in [0.1, 0.15) is 4.75 Å². The van der Waals surface area contributed by atoms with Crippen LogP contribution in [0.5, 0.6) is 0 Å². The second kappa shape index (κ2) is 12.1. The van der Waals surface area contributed by atoms with E-state index in [2.05, 4.69) is 51.0 Å². The monoisotopic (exact) mass is 484 g/mol. The molecule has 0 aliphatic rings. The molecule has 0 amide bonds. The highest BCUT2D eigenvalue weighted by molar-refractivity contribution is 8.02. The van der Waals surface area contributed by atoms with Gasteiger partial charge in [0, 0.05) is 37.3 Å². The number of carbonyl (C=O) groups is 1. The molecule has 0 fully saturated rings. The highest BCUT2D eigenvalue weighted by atomic mass is 32.2. The van der Waals surface area contributed by atoms with E-state index in [9.17, 15) is 9.90 Å². The van der Waals surface area contributed by atoms with Crippen molar-refractivity contribution < 1.29 is 9.90 Å². The van der Waals surface area contributed by atoms with Crippen LogP contribution in [0.2, 0.25) is 0 Å². The summed E-state index contributed by atoms with van der Waals surface area (Å²) in [5, 5.41) is 11.4. The van der Waals surface area contributed by atoms with Crippen molar-refractivity contribution in [3.05, 3.63) is 64.9 Å². The third kappa shape index (κ3) is 7.82. The molecule has 2 aromatic heterocycles. The summed E-state index contributed by atoms with van der Waals surface area (Å²) < 4.78 is -0.107. The molecule has 176 valence electrons. The zero-order chi connectivity index (χ0) is 23.7. The van der Waals surface area contributed by atoms with E-state index in [4.69, 9.17) is 0 Å². The zero-order valence-electron chi connectivity index (χ0n) is 19.5. The second-order valence-corrected chi connectivity index (χ2v) is 11.2. The van der Waals surface area contributed by atoms with E-state index in [0.717, 1.165) is 66.7 Å². The van der Waals surface area contributed by atoms with Crippen LogP contribution in [0.15, 0.2) is 52.4 Å². The third-order valence-corrected chi connectivity index (χ3v) is 7.57. The summed E-state index contributed by atoms with van der Waals surface area (Å²) in [5.74, 6) is -0.0812. The Hall–Kier alpha value is -2.45. The summed E-state index contributed by atoms with van der Waals surface area (Å²) in [4.78, 5) is 27.5. The van der Waals surface area contributed by atoms with Crippen molar-refractivity contribution >= 4 is 35.0 Å². The lowest BCUT2D eigenvalue weighted by Crippen LogP contribution is -2.29. The smallest absolute Gasteiger partial charge is 0.319 e. The van der Waals surface area contributed by atoms with E-state index in [-0.39, 0.29) is 0 Å². The Kier molecular flexibility index (Phi) is 9.26. The quantitative estimate of drug-likeness (QED) is 0.253. The SMILES string of the molecule is CCc1cnc(N(CCCCc2ccccc2)CCc2csc(SC(C)(C)C(=O)O)n2)nc1. The first-order chi connectivity index (χ1) is 15.9. The molecule has 1 N–H and O–H groups in total. The number of aryl methyl sites for hydroxylation is 2. The molecule has 1 aromatic carbocycles. The number of benzene rings is 1. The molecule has 3 rings (SSSR count). The number of nitrogens with zero attached hydrogens (tertiary/aromatic N) is 4. The van der Waals surface area contributed by atoms with Crippen LogP contribution in [0.4, 0.5) is 5.95 Å². The van der Waals surface area contributed by atoms with Gasteiger partial charge in [-0.3, -0.25) is 4.79 Å². The van der Waals surface area contributed by atoms with Gasteiger partial charge in [-0.1, -0.05) is 49.0 Å². The van der Waals surface area contributed by atoms with Crippen LogP contribution < -0.4 is 4.90 Å². The number of anilines is 1. The van der Waals surface area contributed by atoms with Gasteiger partial charge >= 0.3 is 5.97 Å². The lowest BCUT2D eigenvalue weighted by atomic mass is 10.1. The van der Waals surface area contributed by atoms with Gasteiger partial charge in [-0.15, -0.1) is 11.3 Å². The van der Waals surface area contributed by atoms with Gasteiger partial charge in [0.25, 0.3) is 0 Å². The number of thioether (sulfide) groups is 1. The summed E-state index contributed by atoms with van der Waals surface area (Å²) in [7, 11) is 0. The van der Waals surface area contributed by atoms with Crippen LogP contribution in [0.1, 0.15) is 50.4 Å². The molecule has 0 aliphatic heterocycles. The van der Waals surface area contributed by atoms with Gasteiger partial charge in [-0.05, 0) is 50.7 Å². The van der Waals surface area contributed by atoms with E-state index in [1.807, 2.05) is 23.8 Å². The Balaban J connectivity index is 1.59. The molecule has 0 saturated heterocycles. The molecule has 0 radical (unpaired) electrons. The number of unbranched alkanes of at least 4 members (excludes halogenated alkanes) is 1. The van der Waals surface area contributed by atoms with Crippen molar-refractivity contribution in [3.63, 3.8) is 0 Å². The molecule has 0 bridgehead atoms. The first-order valence-electron chi connectivity index (χ1n) is 11.3. The van der Waals surface area contributed by atoms with Crippen LogP contribution >= 0.6 is 23.1 Å². The van der Waals surface area contributed by atoms with Crippen LogP contribution in [-0.4, -0.2) is 43.9 Å². The number of carboxylic acid groups (broad SMARTS) is 1. The molecule has 0 unspecified atom stereocenters. The highest BCUT2D eigenvalue weighted by Crippen LogP contribution is 2.34. The fourth-order valence-corrected chi connectivity index (χ4v) is 5.47. The summed E-state index contributed by atoms with van der Waals surface area (Å²) >= 11 is 2.80. The van der Waals surface area contributed by atoms with Gasteiger partial charge in [-0.25, -0.2) is 15.0 Å². The van der Waals surface area contributed by atoms with Crippen molar-refractivity contribution in [1.29, 1.82) is 0 Å². The largest absolute Gasteiger partial charge is 0.480 e. The van der Waals surface area contributed by atoms with Crippen LogP contribution in [0, 0.1) is 0 Å². The third-order valence-electron chi connectivity index (χ3n) is 5.40. The van der Waals surface area contributed by atoms with Crippen LogP contribution in [0.3, 0.4) is 0 Å². The zero-order valence-corrected chi connectivity index (χ0v) is 21.2. The van der Waals surface area contributed by atoms with E-state index in [1.165, 1.54) is 28.7 Å². The van der Waals surface area contributed by atoms with Crippen molar-refractivity contribution in [1.82, 2.24) is 15.0 Å². The lowest BCUT2D eigenvalue weighted by Gasteiger charge is -2.22. The predicted molar refractivity (Wildman–Crippen MR) is 136 cm³/mol. The molecule has 0 aliphatic carbocycles. The molecule has 0 atom stereocenters. The van der Waals surface area contributed by atoms with E-state index >= 15 is 0 Å². The molecule has 0 spiro atoms. The fourth-order valence-electron chi connectivity index (χ4n) is 3.24. The first kappa shape index (κ1) is 25.2. The van der Waals surface area contributed by atoms with E-state index < -0.39 is 10.7 Å². The Morgan fingerprint density at radius 2 is 1.79 bits per heavy atom. The highest BCUT2D eigenvalue weighted by Gasteiger charge is 2.29. The molecule has 0 saturated carbocycles. The number of carboxylic acids is 1. The van der Waals surface area contributed by atoms with Gasteiger partial charge in [0.2, 0.25) is 5.95 Å². The Morgan fingerprint density at radius 1 is 1.06 bits per heavy atom. The number of hydrogen-bond donors (Lipinski definition) is 1. The average molecular weight is 485 g/mol. The van der Waals surface area contributed by atoms with Gasteiger partial charge < -0.3 is 10.0 Å².